The number of amides is 1. The summed E-state index contributed by atoms with van der Waals surface area (Å²) < 4.78 is 0. The van der Waals surface area contributed by atoms with Crippen molar-refractivity contribution in [2.75, 3.05) is 0 Å². The van der Waals surface area contributed by atoms with Gasteiger partial charge in [-0.15, -0.1) is 0 Å². The van der Waals surface area contributed by atoms with E-state index in [9.17, 15) is 4.79 Å². The second kappa shape index (κ2) is 5.49. The highest BCUT2D eigenvalue weighted by Gasteiger charge is 2.15. The molecule has 4 nitrogen and oxygen atoms in total. The van der Waals surface area contributed by atoms with Crippen LogP contribution in [-0.4, -0.2) is 10.9 Å². The van der Waals surface area contributed by atoms with E-state index in [0.29, 0.717) is 27.0 Å². The maximum atomic E-state index is 11.4. The largest absolute Gasteiger partial charge is 0.366 e. The third-order valence-electron chi connectivity index (χ3n) is 2.79. The van der Waals surface area contributed by atoms with Gasteiger partial charge in [0.25, 0.3) is 0 Å². The molecule has 2 N–H and O–H groups in total. The Morgan fingerprint density at radius 2 is 2.00 bits per heavy atom. The van der Waals surface area contributed by atoms with Crippen LogP contribution in [0, 0.1) is 18.3 Å². The quantitative estimate of drug-likeness (QED) is 0.924. The van der Waals surface area contributed by atoms with E-state index in [4.69, 9.17) is 34.2 Å². The molecule has 2 rings (SSSR count). The van der Waals surface area contributed by atoms with E-state index in [1.807, 2.05) is 6.07 Å². The van der Waals surface area contributed by atoms with Gasteiger partial charge in [0.2, 0.25) is 5.91 Å². The van der Waals surface area contributed by atoms with Crippen molar-refractivity contribution in [3.63, 3.8) is 0 Å². The third kappa shape index (κ3) is 2.60. The predicted octanol–water partition coefficient (Wildman–Crippen LogP) is 3.33. The number of benzene rings is 1. The maximum Gasteiger partial charge on any atom is 0.250 e. The van der Waals surface area contributed by atoms with Crippen LogP contribution < -0.4 is 5.73 Å². The van der Waals surface area contributed by atoms with E-state index in [1.54, 1.807) is 25.1 Å². The summed E-state index contributed by atoms with van der Waals surface area (Å²) in [4.78, 5) is 15.7. The Morgan fingerprint density at radius 1 is 1.30 bits per heavy atom. The summed E-state index contributed by atoms with van der Waals surface area (Å²) in [6.45, 7) is 1.64. The van der Waals surface area contributed by atoms with Crippen LogP contribution >= 0.6 is 23.2 Å². The van der Waals surface area contributed by atoms with Crippen molar-refractivity contribution in [3.8, 4) is 17.3 Å². The smallest absolute Gasteiger partial charge is 0.250 e. The van der Waals surface area contributed by atoms with Gasteiger partial charge in [-0.3, -0.25) is 9.78 Å². The Labute approximate surface area is 125 Å². The van der Waals surface area contributed by atoms with Crippen LogP contribution in [0.4, 0.5) is 0 Å². The van der Waals surface area contributed by atoms with E-state index in [2.05, 4.69) is 4.98 Å². The summed E-state index contributed by atoms with van der Waals surface area (Å²) in [5, 5.41) is 9.86. The standard InChI is InChI=1S/C14H9Cl2N3O/c1-7-10(6-17)9(14(18)20)5-13(19-7)8-2-3-11(15)12(16)4-8/h2-5H,1H3,(H2,18,20). The van der Waals surface area contributed by atoms with Crippen molar-refractivity contribution in [2.45, 2.75) is 6.92 Å². The molecule has 100 valence electrons. The van der Waals surface area contributed by atoms with Gasteiger partial charge in [0.15, 0.2) is 0 Å². The van der Waals surface area contributed by atoms with Crippen LogP contribution in [0.15, 0.2) is 24.3 Å². The average Bonchev–Trinajstić information content (AvgIpc) is 2.40. The zero-order valence-corrected chi connectivity index (χ0v) is 12.0. The van der Waals surface area contributed by atoms with E-state index in [0.717, 1.165) is 0 Å². The van der Waals surface area contributed by atoms with E-state index < -0.39 is 5.91 Å². The fourth-order valence-corrected chi connectivity index (χ4v) is 2.11. The van der Waals surface area contributed by atoms with Crippen LogP contribution in [0.25, 0.3) is 11.3 Å². The minimum absolute atomic E-state index is 0.140. The van der Waals surface area contributed by atoms with Gasteiger partial charge >= 0.3 is 0 Å². The van der Waals surface area contributed by atoms with Crippen molar-refractivity contribution in [1.29, 1.82) is 5.26 Å². The molecular weight excluding hydrogens is 297 g/mol. The highest BCUT2D eigenvalue weighted by molar-refractivity contribution is 6.42. The number of nitrogens with two attached hydrogens (primary N) is 1. The SMILES string of the molecule is Cc1nc(-c2ccc(Cl)c(Cl)c2)cc(C(N)=O)c1C#N. The Balaban J connectivity index is 2.67. The first-order valence-electron chi connectivity index (χ1n) is 5.61. The number of primary amides is 1. The lowest BCUT2D eigenvalue weighted by Gasteiger charge is -2.08. The number of pyridine rings is 1. The lowest BCUT2D eigenvalue weighted by atomic mass is 10.0. The Morgan fingerprint density at radius 3 is 2.55 bits per heavy atom. The van der Waals surface area contributed by atoms with E-state index >= 15 is 0 Å². The monoisotopic (exact) mass is 305 g/mol. The van der Waals surface area contributed by atoms with Crippen LogP contribution in [0.1, 0.15) is 21.6 Å². The molecule has 6 heteroatoms. The fraction of sp³-hybridized carbons (Fsp3) is 0.0714. The van der Waals surface area contributed by atoms with E-state index in [-0.39, 0.29) is 11.1 Å². The molecule has 20 heavy (non-hydrogen) atoms. The zero-order valence-electron chi connectivity index (χ0n) is 10.4. The van der Waals surface area contributed by atoms with Crippen LogP contribution in [0.5, 0.6) is 0 Å². The summed E-state index contributed by atoms with van der Waals surface area (Å²) >= 11 is 11.8. The van der Waals surface area contributed by atoms with Crippen molar-refractivity contribution in [3.05, 3.63) is 51.1 Å². The summed E-state index contributed by atoms with van der Waals surface area (Å²) in [5.41, 5.74) is 7.25. The molecule has 0 aliphatic carbocycles. The summed E-state index contributed by atoms with van der Waals surface area (Å²) in [6.07, 6.45) is 0. The van der Waals surface area contributed by atoms with Crippen molar-refractivity contribution in [2.24, 2.45) is 5.73 Å². The van der Waals surface area contributed by atoms with Gasteiger partial charge in [0, 0.05) is 5.56 Å². The molecule has 0 spiro atoms. The number of carbonyl (C=O) groups excluding carboxylic acids is 1. The van der Waals surface area contributed by atoms with Gasteiger partial charge in [-0.2, -0.15) is 5.26 Å². The molecule has 0 aliphatic heterocycles. The first kappa shape index (κ1) is 14.3. The molecule has 0 atom stereocenters. The first-order chi connectivity index (χ1) is 9.43. The summed E-state index contributed by atoms with van der Waals surface area (Å²) in [5.74, 6) is -0.673. The molecule has 1 heterocycles. The zero-order chi connectivity index (χ0) is 14.9. The van der Waals surface area contributed by atoms with Crippen molar-refractivity contribution < 1.29 is 4.79 Å². The highest BCUT2D eigenvalue weighted by atomic mass is 35.5. The number of rotatable bonds is 2. The van der Waals surface area contributed by atoms with Crippen molar-refractivity contribution in [1.82, 2.24) is 4.98 Å². The summed E-state index contributed by atoms with van der Waals surface area (Å²) in [6, 6.07) is 8.42. The molecule has 0 fully saturated rings. The maximum absolute atomic E-state index is 11.4. The lowest BCUT2D eigenvalue weighted by molar-refractivity contribution is 0.1000. The molecule has 0 bridgehead atoms. The van der Waals surface area contributed by atoms with Gasteiger partial charge in [-0.1, -0.05) is 29.3 Å². The molecule has 0 aliphatic rings. The molecule has 0 unspecified atom stereocenters. The van der Waals surface area contributed by atoms with Crippen LogP contribution in [-0.2, 0) is 0 Å². The van der Waals surface area contributed by atoms with Gasteiger partial charge in [0.05, 0.1) is 32.6 Å². The van der Waals surface area contributed by atoms with Crippen LogP contribution in [0.2, 0.25) is 10.0 Å². The number of hydrogen-bond acceptors (Lipinski definition) is 3. The van der Waals surface area contributed by atoms with E-state index in [1.165, 1.54) is 6.07 Å². The molecule has 1 aromatic heterocycles. The predicted molar refractivity (Wildman–Crippen MR) is 77.7 cm³/mol. The first-order valence-corrected chi connectivity index (χ1v) is 6.36. The molecule has 1 amide bonds. The van der Waals surface area contributed by atoms with Gasteiger partial charge < -0.3 is 5.73 Å². The molecule has 1 aromatic carbocycles. The lowest BCUT2D eigenvalue weighted by Crippen LogP contribution is -2.14. The summed E-state index contributed by atoms with van der Waals surface area (Å²) in [7, 11) is 0. The van der Waals surface area contributed by atoms with Gasteiger partial charge in [-0.05, 0) is 25.1 Å². The number of aryl methyl sites for hydroxylation is 1. The number of halogens is 2. The number of carbonyl (C=O) groups is 1. The highest BCUT2D eigenvalue weighted by Crippen LogP contribution is 2.29. The second-order valence-corrected chi connectivity index (χ2v) is 4.93. The molecule has 0 saturated carbocycles. The topological polar surface area (TPSA) is 79.8 Å². The Hall–Kier alpha value is -2.09. The van der Waals surface area contributed by atoms with Gasteiger partial charge in [0.1, 0.15) is 6.07 Å². The molecule has 2 aromatic rings. The molecule has 0 saturated heterocycles. The minimum atomic E-state index is -0.673. The average molecular weight is 306 g/mol. The minimum Gasteiger partial charge on any atom is -0.366 e. The number of nitrogens with zero attached hydrogens (tertiary/aromatic N) is 2. The third-order valence-corrected chi connectivity index (χ3v) is 3.53. The second-order valence-electron chi connectivity index (χ2n) is 4.12. The fourth-order valence-electron chi connectivity index (χ4n) is 1.81. The van der Waals surface area contributed by atoms with Crippen molar-refractivity contribution >= 4 is 29.1 Å². The number of aromatic nitrogens is 1. The number of nitriles is 1. The molecule has 0 radical (unpaired) electrons. The Kier molecular flexibility index (Phi) is 3.93. The van der Waals surface area contributed by atoms with Gasteiger partial charge in [-0.25, -0.2) is 0 Å². The number of hydrogen-bond donors (Lipinski definition) is 1. The normalized spacial score (nSPS) is 10.1. The van der Waals surface area contributed by atoms with Crippen LogP contribution in [0.3, 0.4) is 0 Å². The Bertz CT molecular complexity index is 751. The molecular formula is C14H9Cl2N3O.